The van der Waals surface area contributed by atoms with Crippen molar-refractivity contribution in [1.29, 1.82) is 0 Å². The maximum absolute atomic E-state index is 13.1. The number of hydrogen-bond donors (Lipinski definition) is 1. The third-order valence-electron chi connectivity index (χ3n) is 6.68. The molecular weight excluding hydrogens is 424 g/mol. The molecule has 0 aromatic heterocycles. The minimum absolute atomic E-state index is 0.000687. The third kappa shape index (κ3) is 5.10. The van der Waals surface area contributed by atoms with E-state index in [2.05, 4.69) is 60.5 Å². The normalized spacial score (nSPS) is 16.4. The number of benzene rings is 3. The van der Waals surface area contributed by atoms with Gasteiger partial charge in [0.2, 0.25) is 0 Å². The van der Waals surface area contributed by atoms with E-state index in [0.29, 0.717) is 11.3 Å². The molecular formula is C29H34N2O3. The van der Waals surface area contributed by atoms with Crippen LogP contribution in [0.1, 0.15) is 51.1 Å². The molecule has 1 heterocycles. The van der Waals surface area contributed by atoms with Gasteiger partial charge in [0.05, 0.1) is 20.3 Å². The van der Waals surface area contributed by atoms with E-state index in [0.717, 1.165) is 30.8 Å². The fourth-order valence-corrected chi connectivity index (χ4v) is 4.79. The Morgan fingerprint density at radius 1 is 0.971 bits per heavy atom. The summed E-state index contributed by atoms with van der Waals surface area (Å²) in [5.41, 5.74) is 6.73. The summed E-state index contributed by atoms with van der Waals surface area (Å²) >= 11 is 0. The molecule has 0 spiro atoms. The summed E-state index contributed by atoms with van der Waals surface area (Å²) in [6.07, 6.45) is 0.913. The Labute approximate surface area is 202 Å². The van der Waals surface area contributed by atoms with Crippen LogP contribution in [0.5, 0.6) is 11.5 Å². The zero-order valence-corrected chi connectivity index (χ0v) is 20.7. The van der Waals surface area contributed by atoms with Gasteiger partial charge < -0.3 is 14.8 Å². The number of carbonyl (C=O) groups is 1. The van der Waals surface area contributed by atoms with Gasteiger partial charge in [0, 0.05) is 24.7 Å². The van der Waals surface area contributed by atoms with Gasteiger partial charge >= 0.3 is 0 Å². The molecule has 0 fully saturated rings. The second kappa shape index (κ2) is 10.3. The van der Waals surface area contributed by atoms with Crippen molar-refractivity contribution in [2.24, 2.45) is 0 Å². The number of fused-ring (bicyclic) bond motifs is 1. The summed E-state index contributed by atoms with van der Waals surface area (Å²) in [5, 5.41) is 3.26. The minimum atomic E-state index is -0.114. The van der Waals surface area contributed by atoms with Crippen LogP contribution in [-0.2, 0) is 13.0 Å². The number of nitrogens with one attached hydrogen (secondary N) is 1. The van der Waals surface area contributed by atoms with Crippen molar-refractivity contribution in [1.82, 2.24) is 10.2 Å². The second-order valence-electron chi connectivity index (χ2n) is 9.19. The van der Waals surface area contributed by atoms with Gasteiger partial charge in [0.25, 0.3) is 5.91 Å². The fourth-order valence-electron chi connectivity index (χ4n) is 4.79. The Balaban J connectivity index is 1.67. The molecule has 2 atom stereocenters. The molecule has 0 bridgehead atoms. The molecule has 4 rings (SSSR count). The summed E-state index contributed by atoms with van der Waals surface area (Å²) < 4.78 is 11.2. The average Bonchev–Trinajstić information content (AvgIpc) is 2.84. The Hall–Kier alpha value is -3.31. The number of methoxy groups -OCH3 is 2. The monoisotopic (exact) mass is 458 g/mol. The first kappa shape index (κ1) is 23.8. The predicted octanol–water partition coefficient (Wildman–Crippen LogP) is 5.24. The van der Waals surface area contributed by atoms with E-state index in [1.165, 1.54) is 22.3 Å². The summed E-state index contributed by atoms with van der Waals surface area (Å²) in [7, 11) is 3.33. The van der Waals surface area contributed by atoms with Crippen molar-refractivity contribution in [3.05, 3.63) is 94.0 Å². The number of amides is 1. The maximum Gasteiger partial charge on any atom is 0.251 e. The molecule has 5 heteroatoms. The van der Waals surface area contributed by atoms with E-state index in [1.54, 1.807) is 14.2 Å². The van der Waals surface area contributed by atoms with Crippen LogP contribution in [0.4, 0.5) is 0 Å². The molecule has 3 aromatic carbocycles. The van der Waals surface area contributed by atoms with E-state index in [1.807, 2.05) is 31.2 Å². The van der Waals surface area contributed by atoms with Crippen LogP contribution in [0.3, 0.4) is 0 Å². The molecule has 0 aliphatic carbocycles. The Bertz CT molecular complexity index is 1140. The lowest BCUT2D eigenvalue weighted by Gasteiger charge is -2.41. The van der Waals surface area contributed by atoms with Crippen LogP contribution in [-0.4, -0.2) is 37.6 Å². The van der Waals surface area contributed by atoms with Crippen molar-refractivity contribution >= 4 is 5.91 Å². The van der Waals surface area contributed by atoms with Crippen molar-refractivity contribution in [2.45, 2.75) is 45.8 Å². The molecule has 1 N–H and O–H groups in total. The number of hydrogen-bond acceptors (Lipinski definition) is 4. The maximum atomic E-state index is 13.1. The second-order valence-corrected chi connectivity index (χ2v) is 9.19. The van der Waals surface area contributed by atoms with Crippen LogP contribution in [0.15, 0.2) is 60.7 Å². The summed E-state index contributed by atoms with van der Waals surface area (Å²) in [5.74, 6) is 1.39. The van der Waals surface area contributed by atoms with Crippen molar-refractivity contribution < 1.29 is 14.3 Å². The molecule has 34 heavy (non-hydrogen) atoms. The highest BCUT2D eigenvalue weighted by Gasteiger charge is 2.34. The van der Waals surface area contributed by atoms with E-state index >= 15 is 0 Å². The minimum Gasteiger partial charge on any atom is -0.493 e. The van der Waals surface area contributed by atoms with Crippen molar-refractivity contribution in [3.63, 3.8) is 0 Å². The fraction of sp³-hybridized carbons (Fsp3) is 0.345. The molecule has 0 saturated carbocycles. The van der Waals surface area contributed by atoms with Gasteiger partial charge in [0.1, 0.15) is 0 Å². The number of nitrogens with zero attached hydrogens (tertiary/aromatic N) is 1. The lowest BCUT2D eigenvalue weighted by molar-refractivity contribution is 0.0877. The highest BCUT2D eigenvalue weighted by molar-refractivity contribution is 5.94. The largest absolute Gasteiger partial charge is 0.493 e. The molecule has 1 amide bonds. The van der Waals surface area contributed by atoms with Gasteiger partial charge in [-0.25, -0.2) is 0 Å². The number of rotatable bonds is 7. The third-order valence-corrected chi connectivity index (χ3v) is 6.68. The van der Waals surface area contributed by atoms with Gasteiger partial charge in [-0.15, -0.1) is 0 Å². The number of ether oxygens (including phenoxy) is 2. The first-order valence-corrected chi connectivity index (χ1v) is 11.8. The first-order chi connectivity index (χ1) is 16.4. The molecule has 0 radical (unpaired) electrons. The lowest BCUT2D eigenvalue weighted by Crippen LogP contribution is -2.47. The number of carbonyl (C=O) groups excluding carboxylic acids is 1. The van der Waals surface area contributed by atoms with Crippen LogP contribution in [0.2, 0.25) is 0 Å². The molecule has 1 aliphatic heterocycles. The van der Waals surface area contributed by atoms with Crippen molar-refractivity contribution in [3.8, 4) is 11.5 Å². The van der Waals surface area contributed by atoms with Gasteiger partial charge in [-0.3, -0.25) is 9.69 Å². The highest BCUT2D eigenvalue weighted by atomic mass is 16.5. The van der Waals surface area contributed by atoms with Crippen LogP contribution in [0, 0.1) is 13.8 Å². The van der Waals surface area contributed by atoms with E-state index in [-0.39, 0.29) is 18.0 Å². The Morgan fingerprint density at radius 2 is 1.56 bits per heavy atom. The topological polar surface area (TPSA) is 50.8 Å². The molecule has 178 valence electrons. The van der Waals surface area contributed by atoms with Gasteiger partial charge in [-0.2, -0.15) is 0 Å². The highest BCUT2D eigenvalue weighted by Crippen LogP contribution is 2.40. The van der Waals surface area contributed by atoms with Gasteiger partial charge in [-0.1, -0.05) is 47.5 Å². The molecule has 3 aromatic rings. The van der Waals surface area contributed by atoms with Crippen LogP contribution >= 0.6 is 0 Å². The number of aryl methyl sites for hydroxylation is 2. The smallest absolute Gasteiger partial charge is 0.251 e. The average molecular weight is 459 g/mol. The SMILES string of the molecule is COc1cc2c(cc1OC)[C@@H]([C@@H](C)NC(=O)c1ccc(C)cc1)N(Cc1ccc(C)cc1)CC2. The summed E-state index contributed by atoms with van der Waals surface area (Å²) in [6, 6.07) is 20.4. The quantitative estimate of drug-likeness (QED) is 0.526. The van der Waals surface area contributed by atoms with Crippen molar-refractivity contribution in [2.75, 3.05) is 20.8 Å². The van der Waals surface area contributed by atoms with E-state index in [9.17, 15) is 4.79 Å². The molecule has 5 nitrogen and oxygen atoms in total. The lowest BCUT2D eigenvalue weighted by atomic mass is 9.87. The summed E-state index contributed by atoms with van der Waals surface area (Å²) in [6.45, 7) is 7.92. The standard InChI is InChI=1S/C29H34N2O3/c1-19-6-10-22(11-7-19)18-31-15-14-24-16-26(33-4)27(34-5)17-25(24)28(31)21(3)30-29(32)23-12-8-20(2)9-13-23/h6-13,16-17,21,28H,14-15,18H2,1-5H3,(H,30,32)/t21-,28-/m1/s1. The zero-order valence-electron chi connectivity index (χ0n) is 20.7. The molecule has 1 aliphatic rings. The van der Waals surface area contributed by atoms with Gasteiger partial charge in [0.15, 0.2) is 11.5 Å². The Kier molecular flexibility index (Phi) is 7.23. The summed E-state index contributed by atoms with van der Waals surface area (Å²) in [4.78, 5) is 15.5. The van der Waals surface area contributed by atoms with Crippen LogP contribution < -0.4 is 14.8 Å². The Morgan fingerprint density at radius 3 is 2.18 bits per heavy atom. The molecule has 0 saturated heterocycles. The zero-order chi connectivity index (χ0) is 24.2. The van der Waals surface area contributed by atoms with E-state index in [4.69, 9.17) is 9.47 Å². The predicted molar refractivity (Wildman–Crippen MR) is 136 cm³/mol. The molecule has 0 unspecified atom stereocenters. The van der Waals surface area contributed by atoms with Crippen LogP contribution in [0.25, 0.3) is 0 Å². The van der Waals surface area contributed by atoms with E-state index < -0.39 is 0 Å². The first-order valence-electron chi connectivity index (χ1n) is 11.8. The van der Waals surface area contributed by atoms with Gasteiger partial charge in [-0.05, 0) is 68.1 Å².